The molecule has 100 valence electrons. The fraction of sp³-hybridized carbons (Fsp3) is 0.231. The molecule has 0 aliphatic carbocycles. The summed E-state index contributed by atoms with van der Waals surface area (Å²) in [6, 6.07) is 7.12. The van der Waals surface area contributed by atoms with E-state index in [9.17, 15) is 10.1 Å². The van der Waals surface area contributed by atoms with Crippen molar-refractivity contribution in [2.24, 2.45) is 0 Å². The number of rotatable bonds is 5. The van der Waals surface area contributed by atoms with Crippen molar-refractivity contribution in [1.82, 2.24) is 0 Å². The van der Waals surface area contributed by atoms with Crippen LogP contribution in [0.25, 0.3) is 0 Å². The number of nitro groups is 1. The van der Waals surface area contributed by atoms with E-state index < -0.39 is 0 Å². The van der Waals surface area contributed by atoms with Crippen LogP contribution < -0.4 is 5.32 Å². The molecule has 1 heterocycles. The zero-order valence-corrected chi connectivity index (χ0v) is 11.9. The number of aryl methyl sites for hydroxylation is 1. The third kappa shape index (κ3) is 3.45. The molecule has 1 N–H and O–H groups in total. The zero-order chi connectivity index (χ0) is 13.8. The van der Waals surface area contributed by atoms with Crippen LogP contribution in [0.3, 0.4) is 0 Å². The number of thiophene rings is 1. The number of anilines is 1. The first-order valence-electron chi connectivity index (χ1n) is 5.84. The molecule has 0 atom stereocenters. The van der Waals surface area contributed by atoms with Gasteiger partial charge in [0.25, 0.3) is 5.69 Å². The maximum absolute atomic E-state index is 11.0. The first-order valence-corrected chi connectivity index (χ1v) is 7.10. The van der Waals surface area contributed by atoms with Crippen LogP contribution in [0.4, 0.5) is 11.4 Å². The van der Waals surface area contributed by atoms with Gasteiger partial charge in [-0.25, -0.2) is 0 Å². The number of hydrogen-bond donors (Lipinski definition) is 1. The fourth-order valence-corrected chi connectivity index (χ4v) is 2.79. The average molecular weight is 297 g/mol. The van der Waals surface area contributed by atoms with E-state index in [2.05, 4.69) is 5.32 Å². The van der Waals surface area contributed by atoms with Crippen molar-refractivity contribution in [3.8, 4) is 0 Å². The summed E-state index contributed by atoms with van der Waals surface area (Å²) in [6.07, 6.45) is 0.650. The summed E-state index contributed by atoms with van der Waals surface area (Å²) in [7, 11) is 0. The number of nitro benzene ring substituents is 1. The Morgan fingerprint density at radius 3 is 2.79 bits per heavy atom. The van der Waals surface area contributed by atoms with Crippen molar-refractivity contribution >= 4 is 34.3 Å². The van der Waals surface area contributed by atoms with Crippen molar-refractivity contribution in [1.29, 1.82) is 0 Å². The van der Waals surface area contributed by atoms with Crippen molar-refractivity contribution in [2.45, 2.75) is 19.9 Å². The maximum atomic E-state index is 11.0. The summed E-state index contributed by atoms with van der Waals surface area (Å²) in [5, 5.41) is 16.7. The fourth-order valence-electron chi connectivity index (χ4n) is 1.78. The van der Waals surface area contributed by atoms with E-state index in [0.717, 1.165) is 16.1 Å². The molecule has 0 bridgehead atoms. The molecule has 1 aromatic heterocycles. The highest BCUT2D eigenvalue weighted by molar-refractivity contribution is 7.10. The molecule has 4 nitrogen and oxygen atoms in total. The topological polar surface area (TPSA) is 55.2 Å². The molecular formula is C13H13ClN2O2S. The lowest BCUT2D eigenvalue weighted by Crippen LogP contribution is -2.00. The van der Waals surface area contributed by atoms with Crippen LogP contribution in [0.5, 0.6) is 0 Å². The van der Waals surface area contributed by atoms with Gasteiger partial charge in [-0.05, 0) is 18.6 Å². The number of nitrogens with one attached hydrogen (secondary N) is 1. The predicted octanol–water partition coefficient (Wildman–Crippen LogP) is 4.48. The van der Waals surface area contributed by atoms with Crippen LogP contribution in [0, 0.1) is 10.1 Å². The Morgan fingerprint density at radius 1 is 1.42 bits per heavy atom. The number of hydrogen-bond acceptors (Lipinski definition) is 4. The molecule has 0 fully saturated rings. The zero-order valence-electron chi connectivity index (χ0n) is 10.4. The first-order chi connectivity index (χ1) is 9.10. The van der Waals surface area contributed by atoms with Crippen molar-refractivity contribution < 1.29 is 4.92 Å². The predicted molar refractivity (Wildman–Crippen MR) is 79.1 cm³/mol. The van der Waals surface area contributed by atoms with Gasteiger partial charge in [0, 0.05) is 34.1 Å². The lowest BCUT2D eigenvalue weighted by atomic mass is 10.1. The minimum absolute atomic E-state index is 0.164. The van der Waals surface area contributed by atoms with E-state index >= 15 is 0 Å². The Labute approximate surface area is 120 Å². The molecule has 0 unspecified atom stereocenters. The smallest absolute Gasteiger partial charge is 0.274 e. The van der Waals surface area contributed by atoms with Crippen molar-refractivity contribution in [3.05, 3.63) is 55.2 Å². The van der Waals surface area contributed by atoms with E-state index in [-0.39, 0.29) is 10.6 Å². The second-order valence-electron chi connectivity index (χ2n) is 4.04. The van der Waals surface area contributed by atoms with Gasteiger partial charge in [0.1, 0.15) is 0 Å². The number of halogens is 1. The summed E-state index contributed by atoms with van der Waals surface area (Å²) in [6.45, 7) is 2.52. The molecule has 2 aromatic rings. The average Bonchev–Trinajstić information content (AvgIpc) is 2.81. The first kappa shape index (κ1) is 13.8. The van der Waals surface area contributed by atoms with Gasteiger partial charge in [-0.15, -0.1) is 11.3 Å². The van der Waals surface area contributed by atoms with Crippen LogP contribution >= 0.6 is 22.9 Å². The highest BCUT2D eigenvalue weighted by Gasteiger charge is 2.12. The number of nitrogens with zero attached hydrogens (tertiary/aromatic N) is 1. The van der Waals surface area contributed by atoms with Gasteiger partial charge >= 0.3 is 0 Å². The van der Waals surface area contributed by atoms with Crippen LogP contribution in [-0.2, 0) is 13.0 Å². The van der Waals surface area contributed by atoms with Gasteiger partial charge in [0.15, 0.2) is 0 Å². The Balaban J connectivity index is 2.12. The minimum Gasteiger partial charge on any atom is -0.380 e. The van der Waals surface area contributed by atoms with Gasteiger partial charge < -0.3 is 5.32 Å². The lowest BCUT2D eigenvalue weighted by Gasteiger charge is -2.06. The molecule has 0 saturated heterocycles. The van der Waals surface area contributed by atoms with Gasteiger partial charge in [-0.3, -0.25) is 10.1 Å². The van der Waals surface area contributed by atoms with Crippen molar-refractivity contribution in [2.75, 3.05) is 5.32 Å². The highest BCUT2D eigenvalue weighted by atomic mass is 35.5. The maximum Gasteiger partial charge on any atom is 0.274 e. The molecule has 0 saturated carbocycles. The van der Waals surface area contributed by atoms with E-state index in [4.69, 9.17) is 11.6 Å². The van der Waals surface area contributed by atoms with Gasteiger partial charge in [0.2, 0.25) is 0 Å². The summed E-state index contributed by atoms with van der Waals surface area (Å²) in [5.74, 6) is 0. The molecule has 19 heavy (non-hydrogen) atoms. The van der Waals surface area contributed by atoms with Gasteiger partial charge in [-0.1, -0.05) is 24.6 Å². The quantitative estimate of drug-likeness (QED) is 0.653. The molecular weight excluding hydrogens is 284 g/mol. The summed E-state index contributed by atoms with van der Waals surface area (Å²) in [5.41, 5.74) is 1.65. The summed E-state index contributed by atoms with van der Waals surface area (Å²) in [4.78, 5) is 11.7. The van der Waals surface area contributed by atoms with Crippen molar-refractivity contribution in [3.63, 3.8) is 0 Å². The molecule has 0 radical (unpaired) electrons. The summed E-state index contributed by atoms with van der Waals surface area (Å²) >= 11 is 7.40. The molecule has 6 heteroatoms. The lowest BCUT2D eigenvalue weighted by molar-refractivity contribution is -0.385. The van der Waals surface area contributed by atoms with Crippen LogP contribution in [-0.4, -0.2) is 4.92 Å². The molecule has 0 spiro atoms. The number of benzene rings is 1. The molecule has 0 aliphatic rings. The molecule has 0 aliphatic heterocycles. The Kier molecular flexibility index (Phi) is 4.39. The highest BCUT2D eigenvalue weighted by Crippen LogP contribution is 2.25. The monoisotopic (exact) mass is 296 g/mol. The SMILES string of the molecule is CCc1ccc(NCc2cc(Cl)cs2)cc1[N+](=O)[O-]. The molecule has 1 aromatic carbocycles. The van der Waals surface area contributed by atoms with E-state index in [0.29, 0.717) is 18.0 Å². The van der Waals surface area contributed by atoms with E-state index in [1.165, 1.54) is 0 Å². The largest absolute Gasteiger partial charge is 0.380 e. The minimum atomic E-state index is -0.341. The standard InChI is InChI=1S/C13H13ClN2O2S/c1-2-9-3-4-11(6-13(9)16(17)18)15-7-12-5-10(14)8-19-12/h3-6,8,15H,2,7H2,1H3. The van der Waals surface area contributed by atoms with Crippen LogP contribution in [0.2, 0.25) is 5.02 Å². The van der Waals surface area contributed by atoms with Crippen LogP contribution in [0.1, 0.15) is 17.4 Å². The normalized spacial score (nSPS) is 10.4. The molecule has 0 amide bonds. The third-order valence-electron chi connectivity index (χ3n) is 2.75. The Bertz CT molecular complexity index is 598. The van der Waals surface area contributed by atoms with E-state index in [1.807, 2.05) is 24.4 Å². The van der Waals surface area contributed by atoms with E-state index in [1.54, 1.807) is 23.5 Å². The van der Waals surface area contributed by atoms with Gasteiger partial charge in [0.05, 0.1) is 9.95 Å². The Hall–Kier alpha value is -1.59. The second kappa shape index (κ2) is 6.04. The third-order valence-corrected chi connectivity index (χ3v) is 4.04. The molecule has 2 rings (SSSR count). The van der Waals surface area contributed by atoms with Gasteiger partial charge in [-0.2, -0.15) is 0 Å². The second-order valence-corrected chi connectivity index (χ2v) is 5.47. The Morgan fingerprint density at radius 2 is 2.21 bits per heavy atom. The summed E-state index contributed by atoms with van der Waals surface area (Å²) < 4.78 is 0. The van der Waals surface area contributed by atoms with Crippen LogP contribution in [0.15, 0.2) is 29.6 Å².